The molecule has 18 heavy (non-hydrogen) atoms. The summed E-state index contributed by atoms with van der Waals surface area (Å²) in [6.45, 7) is 5.95. The largest absolute Gasteiger partial charge is 0.397 e. The lowest BCUT2D eigenvalue weighted by Gasteiger charge is -2.22. The monoisotopic (exact) mass is 251 g/mol. The molecule has 0 unspecified atom stereocenters. The smallest absolute Gasteiger partial charge is 0.270 e. The molecule has 0 aromatic carbocycles. The highest BCUT2D eigenvalue weighted by atomic mass is 16.2. The molecule has 0 spiro atoms. The summed E-state index contributed by atoms with van der Waals surface area (Å²) in [5.41, 5.74) is 7.05. The summed E-state index contributed by atoms with van der Waals surface area (Å²) < 4.78 is 1.81. The lowest BCUT2D eigenvalue weighted by Crippen LogP contribution is -2.34. The first-order chi connectivity index (χ1) is 8.60. The first-order valence-electron chi connectivity index (χ1n) is 6.81. The molecule has 4 heteroatoms. The number of unbranched alkanes of at least 4 members (excludes halogenated alkanes) is 2. The van der Waals surface area contributed by atoms with E-state index >= 15 is 0 Å². The lowest BCUT2D eigenvalue weighted by molar-refractivity contribution is 0.0741. The van der Waals surface area contributed by atoms with Crippen LogP contribution in [0.3, 0.4) is 0 Å². The Kier molecular flexibility index (Phi) is 5.75. The van der Waals surface area contributed by atoms with Gasteiger partial charge in [0.2, 0.25) is 0 Å². The van der Waals surface area contributed by atoms with E-state index < -0.39 is 0 Å². The van der Waals surface area contributed by atoms with Crippen LogP contribution >= 0.6 is 0 Å². The van der Waals surface area contributed by atoms with Crippen LogP contribution in [0.15, 0.2) is 12.3 Å². The molecule has 2 N–H and O–H groups in total. The van der Waals surface area contributed by atoms with Gasteiger partial charge in [0, 0.05) is 26.3 Å². The van der Waals surface area contributed by atoms with Gasteiger partial charge >= 0.3 is 0 Å². The summed E-state index contributed by atoms with van der Waals surface area (Å²) in [6.07, 6.45) is 6.09. The second kappa shape index (κ2) is 7.09. The van der Waals surface area contributed by atoms with Gasteiger partial charge in [-0.2, -0.15) is 0 Å². The van der Waals surface area contributed by atoms with Gasteiger partial charge in [0.05, 0.1) is 5.69 Å². The summed E-state index contributed by atoms with van der Waals surface area (Å²) >= 11 is 0. The lowest BCUT2D eigenvalue weighted by atomic mass is 10.2. The topological polar surface area (TPSA) is 51.3 Å². The highest BCUT2D eigenvalue weighted by Crippen LogP contribution is 2.13. The third-order valence-corrected chi connectivity index (χ3v) is 3.10. The molecule has 0 radical (unpaired) electrons. The molecule has 1 amide bonds. The molecule has 1 aromatic heterocycles. The van der Waals surface area contributed by atoms with Crippen molar-refractivity contribution in [3.05, 3.63) is 18.0 Å². The van der Waals surface area contributed by atoms with Crippen LogP contribution in [0.25, 0.3) is 0 Å². The van der Waals surface area contributed by atoms with Crippen LogP contribution in [0.1, 0.15) is 50.0 Å². The third kappa shape index (κ3) is 3.79. The van der Waals surface area contributed by atoms with E-state index in [4.69, 9.17) is 5.73 Å². The van der Waals surface area contributed by atoms with Crippen molar-refractivity contribution in [3.8, 4) is 0 Å². The predicted molar refractivity (Wildman–Crippen MR) is 75.5 cm³/mol. The molecule has 0 bridgehead atoms. The number of aromatic nitrogens is 1. The first-order valence-corrected chi connectivity index (χ1v) is 6.81. The minimum Gasteiger partial charge on any atom is -0.397 e. The maximum Gasteiger partial charge on any atom is 0.270 e. The second-order valence-electron chi connectivity index (χ2n) is 4.77. The molecule has 1 aromatic rings. The standard InChI is InChI=1S/C14H25N3O/c1-4-6-8-17(9-7-5-2)14(18)13-10-12(15)11-16(13)3/h10-11H,4-9,15H2,1-3H3. The Bertz CT molecular complexity index is 376. The Morgan fingerprint density at radius 2 is 1.83 bits per heavy atom. The Balaban J connectivity index is 2.77. The number of nitrogens with zero attached hydrogens (tertiary/aromatic N) is 2. The van der Waals surface area contributed by atoms with Crippen LogP contribution in [0.4, 0.5) is 5.69 Å². The molecular formula is C14H25N3O. The van der Waals surface area contributed by atoms with Crippen molar-refractivity contribution in [1.82, 2.24) is 9.47 Å². The Hall–Kier alpha value is -1.45. The molecule has 0 fully saturated rings. The van der Waals surface area contributed by atoms with Gasteiger partial charge in [-0.05, 0) is 18.9 Å². The predicted octanol–water partition coefficient (Wildman–Crippen LogP) is 2.65. The van der Waals surface area contributed by atoms with E-state index in [1.807, 2.05) is 16.5 Å². The van der Waals surface area contributed by atoms with Gasteiger partial charge in [-0.3, -0.25) is 4.79 Å². The van der Waals surface area contributed by atoms with Crippen LogP contribution < -0.4 is 5.73 Å². The van der Waals surface area contributed by atoms with Crippen LogP contribution in [-0.2, 0) is 7.05 Å². The second-order valence-corrected chi connectivity index (χ2v) is 4.77. The summed E-state index contributed by atoms with van der Waals surface area (Å²) in [4.78, 5) is 14.4. The number of amides is 1. The zero-order valence-corrected chi connectivity index (χ0v) is 11.8. The van der Waals surface area contributed by atoms with Gasteiger partial charge in [-0.15, -0.1) is 0 Å². The maximum absolute atomic E-state index is 12.4. The Morgan fingerprint density at radius 3 is 2.22 bits per heavy atom. The van der Waals surface area contributed by atoms with E-state index in [1.54, 1.807) is 12.3 Å². The molecule has 1 rings (SSSR count). The number of aryl methyl sites for hydroxylation is 1. The number of carbonyl (C=O) groups is 1. The van der Waals surface area contributed by atoms with Crippen LogP contribution in [0.2, 0.25) is 0 Å². The average Bonchev–Trinajstić information content (AvgIpc) is 2.68. The number of nitrogen functional groups attached to an aromatic ring is 1. The van der Waals surface area contributed by atoms with Gasteiger partial charge in [0.25, 0.3) is 5.91 Å². The molecule has 0 aliphatic heterocycles. The Morgan fingerprint density at radius 1 is 1.28 bits per heavy atom. The average molecular weight is 251 g/mol. The minimum atomic E-state index is 0.0936. The SMILES string of the molecule is CCCCN(CCCC)C(=O)c1cc(N)cn1C. The summed E-state index contributed by atoms with van der Waals surface area (Å²) in [6, 6.07) is 1.76. The quantitative estimate of drug-likeness (QED) is 0.810. The number of carbonyl (C=O) groups excluding carboxylic acids is 1. The molecule has 102 valence electrons. The van der Waals surface area contributed by atoms with Crippen LogP contribution in [0, 0.1) is 0 Å². The van der Waals surface area contributed by atoms with Crippen molar-refractivity contribution in [2.24, 2.45) is 7.05 Å². The van der Waals surface area contributed by atoms with Gasteiger partial charge < -0.3 is 15.2 Å². The minimum absolute atomic E-state index is 0.0936. The van der Waals surface area contributed by atoms with Crippen LogP contribution in [-0.4, -0.2) is 28.5 Å². The molecule has 0 saturated heterocycles. The van der Waals surface area contributed by atoms with E-state index in [1.165, 1.54) is 0 Å². The number of hydrogen-bond donors (Lipinski definition) is 1. The third-order valence-electron chi connectivity index (χ3n) is 3.10. The molecule has 0 saturated carbocycles. The zero-order valence-electron chi connectivity index (χ0n) is 11.8. The highest BCUT2D eigenvalue weighted by molar-refractivity contribution is 5.93. The van der Waals surface area contributed by atoms with Crippen molar-refractivity contribution >= 4 is 11.6 Å². The summed E-state index contributed by atoms with van der Waals surface area (Å²) in [7, 11) is 1.86. The molecule has 1 heterocycles. The highest BCUT2D eigenvalue weighted by Gasteiger charge is 2.17. The summed E-state index contributed by atoms with van der Waals surface area (Å²) in [5, 5.41) is 0. The van der Waals surface area contributed by atoms with E-state index in [0.717, 1.165) is 38.8 Å². The number of rotatable bonds is 7. The fraction of sp³-hybridized carbons (Fsp3) is 0.643. The number of anilines is 1. The van der Waals surface area contributed by atoms with E-state index in [9.17, 15) is 4.79 Å². The number of nitrogens with two attached hydrogens (primary N) is 1. The molecule has 4 nitrogen and oxygen atoms in total. The van der Waals surface area contributed by atoms with Crippen molar-refractivity contribution < 1.29 is 4.79 Å². The van der Waals surface area contributed by atoms with Crippen molar-refractivity contribution in [2.45, 2.75) is 39.5 Å². The van der Waals surface area contributed by atoms with E-state index in [0.29, 0.717) is 11.4 Å². The first kappa shape index (κ1) is 14.6. The fourth-order valence-corrected chi connectivity index (χ4v) is 1.98. The van der Waals surface area contributed by atoms with Gasteiger partial charge in [-0.1, -0.05) is 26.7 Å². The summed E-state index contributed by atoms with van der Waals surface area (Å²) in [5.74, 6) is 0.0936. The number of hydrogen-bond acceptors (Lipinski definition) is 2. The van der Waals surface area contributed by atoms with Crippen LogP contribution in [0.5, 0.6) is 0 Å². The molecule has 0 aliphatic carbocycles. The Labute approximate surface area is 110 Å². The normalized spacial score (nSPS) is 10.6. The van der Waals surface area contributed by atoms with Gasteiger partial charge in [-0.25, -0.2) is 0 Å². The van der Waals surface area contributed by atoms with Crippen molar-refractivity contribution in [1.29, 1.82) is 0 Å². The molecule has 0 atom stereocenters. The van der Waals surface area contributed by atoms with Gasteiger partial charge in [0.15, 0.2) is 0 Å². The fourth-order valence-electron chi connectivity index (χ4n) is 1.98. The molecular weight excluding hydrogens is 226 g/mol. The van der Waals surface area contributed by atoms with E-state index in [-0.39, 0.29) is 5.91 Å². The van der Waals surface area contributed by atoms with Gasteiger partial charge in [0.1, 0.15) is 5.69 Å². The van der Waals surface area contributed by atoms with E-state index in [2.05, 4.69) is 13.8 Å². The van der Waals surface area contributed by atoms with Crippen molar-refractivity contribution in [2.75, 3.05) is 18.8 Å². The van der Waals surface area contributed by atoms with Crippen molar-refractivity contribution in [3.63, 3.8) is 0 Å². The maximum atomic E-state index is 12.4. The zero-order chi connectivity index (χ0) is 13.5. The molecule has 0 aliphatic rings.